The molecule has 1 spiro atoms. The van der Waals surface area contributed by atoms with E-state index in [-0.39, 0.29) is 11.4 Å². The molecular weight excluding hydrogens is 237 g/mol. The Bertz CT molecular complexity index is 469. The SMILES string of the molecule is NC1=NCC2(CCSC2)N1c1cccc(F)c1. The maximum absolute atomic E-state index is 13.3. The topological polar surface area (TPSA) is 41.6 Å². The Balaban J connectivity index is 2.01. The van der Waals surface area contributed by atoms with Crippen molar-refractivity contribution in [3.8, 4) is 0 Å². The Hall–Kier alpha value is -1.23. The second-order valence-corrected chi connectivity index (χ2v) is 5.62. The van der Waals surface area contributed by atoms with Crippen LogP contribution in [0.25, 0.3) is 0 Å². The number of guanidine groups is 1. The van der Waals surface area contributed by atoms with Crippen molar-refractivity contribution in [2.24, 2.45) is 10.7 Å². The summed E-state index contributed by atoms with van der Waals surface area (Å²) in [5, 5.41) is 0. The van der Waals surface area contributed by atoms with Gasteiger partial charge < -0.3 is 10.6 Å². The molecule has 17 heavy (non-hydrogen) atoms. The lowest BCUT2D eigenvalue weighted by Gasteiger charge is -2.35. The highest BCUT2D eigenvalue weighted by molar-refractivity contribution is 7.99. The third kappa shape index (κ3) is 1.69. The summed E-state index contributed by atoms with van der Waals surface area (Å²) in [6.45, 7) is 0.725. The zero-order chi connectivity index (χ0) is 11.9. The number of benzene rings is 1. The summed E-state index contributed by atoms with van der Waals surface area (Å²) in [5.74, 6) is 2.41. The Morgan fingerprint density at radius 3 is 3.06 bits per heavy atom. The normalized spacial score (nSPS) is 27.8. The van der Waals surface area contributed by atoms with Crippen LogP contribution in [0.5, 0.6) is 0 Å². The maximum Gasteiger partial charge on any atom is 0.196 e. The van der Waals surface area contributed by atoms with Crippen LogP contribution in [0.15, 0.2) is 29.3 Å². The Labute approximate surface area is 104 Å². The molecule has 0 aliphatic carbocycles. The fourth-order valence-corrected chi connectivity index (χ4v) is 3.94. The smallest absolute Gasteiger partial charge is 0.196 e. The quantitative estimate of drug-likeness (QED) is 0.828. The molecule has 3 rings (SSSR count). The molecule has 1 aromatic rings. The van der Waals surface area contributed by atoms with Gasteiger partial charge in [0.05, 0.1) is 12.1 Å². The van der Waals surface area contributed by atoms with Crippen molar-refractivity contribution < 1.29 is 4.39 Å². The molecule has 2 N–H and O–H groups in total. The first-order valence-electron chi connectivity index (χ1n) is 5.65. The van der Waals surface area contributed by atoms with Gasteiger partial charge in [-0.3, -0.25) is 4.99 Å². The van der Waals surface area contributed by atoms with E-state index in [9.17, 15) is 4.39 Å². The number of halogens is 1. The second-order valence-electron chi connectivity index (χ2n) is 4.52. The van der Waals surface area contributed by atoms with Gasteiger partial charge in [0.25, 0.3) is 0 Å². The summed E-state index contributed by atoms with van der Waals surface area (Å²) in [6.07, 6.45) is 1.05. The minimum absolute atomic E-state index is 0.0253. The Morgan fingerprint density at radius 2 is 2.35 bits per heavy atom. The summed E-state index contributed by atoms with van der Waals surface area (Å²) in [4.78, 5) is 6.35. The van der Waals surface area contributed by atoms with Crippen LogP contribution >= 0.6 is 11.8 Å². The highest BCUT2D eigenvalue weighted by Crippen LogP contribution is 2.39. The van der Waals surface area contributed by atoms with E-state index in [4.69, 9.17) is 5.73 Å². The lowest BCUT2D eigenvalue weighted by Crippen LogP contribution is -2.52. The van der Waals surface area contributed by atoms with Crippen LogP contribution < -0.4 is 10.6 Å². The molecule has 0 radical (unpaired) electrons. The lowest BCUT2D eigenvalue weighted by molar-refractivity contribution is 0.515. The Kier molecular flexibility index (Phi) is 2.50. The average Bonchev–Trinajstić information content (AvgIpc) is 2.88. The van der Waals surface area contributed by atoms with E-state index in [1.165, 1.54) is 12.1 Å². The van der Waals surface area contributed by atoms with Crippen molar-refractivity contribution in [2.75, 3.05) is 23.0 Å². The van der Waals surface area contributed by atoms with Crippen LogP contribution in [0.1, 0.15) is 6.42 Å². The highest BCUT2D eigenvalue weighted by Gasteiger charge is 2.45. The average molecular weight is 251 g/mol. The zero-order valence-corrected chi connectivity index (χ0v) is 10.2. The monoisotopic (exact) mass is 251 g/mol. The predicted octanol–water partition coefficient (Wildman–Crippen LogP) is 1.84. The summed E-state index contributed by atoms with van der Waals surface area (Å²) in [5.41, 5.74) is 6.75. The van der Waals surface area contributed by atoms with Crippen LogP contribution in [0.4, 0.5) is 10.1 Å². The minimum Gasteiger partial charge on any atom is -0.369 e. The molecule has 1 aromatic carbocycles. The van der Waals surface area contributed by atoms with E-state index >= 15 is 0 Å². The molecule has 0 bridgehead atoms. The summed E-state index contributed by atoms with van der Waals surface area (Å²) < 4.78 is 13.3. The van der Waals surface area contributed by atoms with Crippen molar-refractivity contribution in [3.63, 3.8) is 0 Å². The van der Waals surface area contributed by atoms with Crippen molar-refractivity contribution in [1.29, 1.82) is 0 Å². The van der Waals surface area contributed by atoms with Gasteiger partial charge in [-0.2, -0.15) is 11.8 Å². The molecule has 0 aromatic heterocycles. The van der Waals surface area contributed by atoms with Gasteiger partial charge in [0, 0.05) is 11.4 Å². The number of anilines is 1. The molecule has 0 amide bonds. The van der Waals surface area contributed by atoms with Gasteiger partial charge in [0.1, 0.15) is 5.82 Å². The number of nitrogens with two attached hydrogens (primary N) is 1. The minimum atomic E-state index is -0.233. The van der Waals surface area contributed by atoms with Gasteiger partial charge in [-0.1, -0.05) is 6.07 Å². The summed E-state index contributed by atoms with van der Waals surface area (Å²) >= 11 is 1.91. The fourth-order valence-electron chi connectivity index (χ4n) is 2.53. The van der Waals surface area contributed by atoms with Crippen molar-refractivity contribution in [2.45, 2.75) is 12.0 Å². The molecule has 2 aliphatic heterocycles. The van der Waals surface area contributed by atoms with Gasteiger partial charge >= 0.3 is 0 Å². The number of hydrogen-bond donors (Lipinski definition) is 1. The molecular formula is C12H14FN3S. The molecule has 0 saturated carbocycles. The van der Waals surface area contributed by atoms with E-state index in [0.717, 1.165) is 30.2 Å². The predicted molar refractivity (Wildman–Crippen MR) is 70.0 cm³/mol. The molecule has 1 fully saturated rings. The van der Waals surface area contributed by atoms with E-state index in [2.05, 4.69) is 4.99 Å². The highest BCUT2D eigenvalue weighted by atomic mass is 32.2. The van der Waals surface area contributed by atoms with Gasteiger partial charge in [0.2, 0.25) is 0 Å². The lowest BCUT2D eigenvalue weighted by atomic mass is 9.97. The van der Waals surface area contributed by atoms with Crippen LogP contribution in [0.2, 0.25) is 0 Å². The standard InChI is InChI=1S/C12H14FN3S/c13-9-2-1-3-10(6-9)16-11(14)15-7-12(16)4-5-17-8-12/h1-3,6H,4-5,7-8H2,(H2,14,15). The fraction of sp³-hybridized carbons (Fsp3) is 0.417. The van der Waals surface area contributed by atoms with Crippen molar-refractivity contribution in [1.82, 2.24) is 0 Å². The number of aliphatic imine (C=N–C) groups is 1. The number of thioether (sulfide) groups is 1. The molecule has 1 unspecified atom stereocenters. The molecule has 1 atom stereocenters. The molecule has 5 heteroatoms. The van der Waals surface area contributed by atoms with Gasteiger partial charge in [-0.25, -0.2) is 4.39 Å². The number of rotatable bonds is 1. The van der Waals surface area contributed by atoms with Gasteiger partial charge in [-0.05, 0) is 30.4 Å². The van der Waals surface area contributed by atoms with E-state index in [1.54, 1.807) is 6.07 Å². The van der Waals surface area contributed by atoms with Crippen molar-refractivity contribution >= 4 is 23.4 Å². The number of hydrogen-bond acceptors (Lipinski definition) is 4. The second kappa shape index (κ2) is 3.91. The molecule has 3 nitrogen and oxygen atoms in total. The third-order valence-corrected chi connectivity index (χ3v) is 4.62. The molecule has 90 valence electrons. The molecule has 2 heterocycles. The first kappa shape index (κ1) is 10.9. The van der Waals surface area contributed by atoms with Crippen LogP contribution in [-0.4, -0.2) is 29.5 Å². The van der Waals surface area contributed by atoms with Crippen LogP contribution in [-0.2, 0) is 0 Å². The first-order valence-corrected chi connectivity index (χ1v) is 6.80. The zero-order valence-electron chi connectivity index (χ0n) is 9.40. The first-order chi connectivity index (χ1) is 8.21. The largest absolute Gasteiger partial charge is 0.369 e. The van der Waals surface area contributed by atoms with Crippen LogP contribution in [0.3, 0.4) is 0 Å². The number of nitrogens with zero attached hydrogens (tertiary/aromatic N) is 2. The van der Waals surface area contributed by atoms with Gasteiger partial charge in [-0.15, -0.1) is 0 Å². The summed E-state index contributed by atoms with van der Waals surface area (Å²) in [6, 6.07) is 6.58. The Morgan fingerprint density at radius 1 is 1.47 bits per heavy atom. The van der Waals surface area contributed by atoms with E-state index in [1.807, 2.05) is 22.7 Å². The van der Waals surface area contributed by atoms with Crippen LogP contribution in [0, 0.1) is 5.82 Å². The maximum atomic E-state index is 13.3. The van der Waals surface area contributed by atoms with Gasteiger partial charge in [0.15, 0.2) is 5.96 Å². The van der Waals surface area contributed by atoms with Crippen molar-refractivity contribution in [3.05, 3.63) is 30.1 Å². The summed E-state index contributed by atoms with van der Waals surface area (Å²) in [7, 11) is 0. The molecule has 2 aliphatic rings. The third-order valence-electron chi connectivity index (χ3n) is 3.39. The molecule has 1 saturated heterocycles. The van der Waals surface area contributed by atoms with E-state index < -0.39 is 0 Å². The van der Waals surface area contributed by atoms with E-state index in [0.29, 0.717) is 5.96 Å².